The van der Waals surface area contributed by atoms with E-state index in [0.29, 0.717) is 13.2 Å². The number of morpholine rings is 1. The van der Waals surface area contributed by atoms with E-state index in [-0.39, 0.29) is 18.1 Å². The van der Waals surface area contributed by atoms with Crippen molar-refractivity contribution in [3.8, 4) is 0 Å². The Balaban J connectivity index is 1.84. The number of carbonyl (C=O) groups excluding carboxylic acids is 1. The molecular formula is C16H22N2O2. The fraction of sp³-hybridized carbons (Fsp3) is 0.562. The van der Waals surface area contributed by atoms with Gasteiger partial charge in [0.2, 0.25) is 0 Å². The lowest BCUT2D eigenvalue weighted by Gasteiger charge is -2.38. The lowest BCUT2D eigenvalue weighted by atomic mass is 10.1. The molecule has 1 saturated carbocycles. The van der Waals surface area contributed by atoms with E-state index < -0.39 is 0 Å². The van der Waals surface area contributed by atoms with E-state index in [1.165, 1.54) is 0 Å². The summed E-state index contributed by atoms with van der Waals surface area (Å²) in [5, 5.41) is 3.28. The van der Waals surface area contributed by atoms with Crippen LogP contribution in [0.25, 0.3) is 0 Å². The van der Waals surface area contributed by atoms with Crippen LogP contribution in [0.1, 0.15) is 36.5 Å². The first-order valence-corrected chi connectivity index (χ1v) is 7.56. The number of hydrogen-bond donors (Lipinski definition) is 1. The Morgan fingerprint density at radius 3 is 3.10 bits per heavy atom. The summed E-state index contributed by atoms with van der Waals surface area (Å²) in [5.74, 6) is 0.141. The van der Waals surface area contributed by atoms with E-state index in [2.05, 4.69) is 5.32 Å². The molecule has 2 unspecified atom stereocenters. The van der Waals surface area contributed by atoms with E-state index in [1.807, 2.05) is 36.1 Å². The number of para-hydroxylation sites is 1. The van der Waals surface area contributed by atoms with Gasteiger partial charge >= 0.3 is 0 Å². The van der Waals surface area contributed by atoms with Crippen molar-refractivity contribution in [2.45, 2.75) is 38.3 Å². The van der Waals surface area contributed by atoms with Crippen LogP contribution < -0.4 is 5.32 Å². The molecule has 4 nitrogen and oxygen atoms in total. The van der Waals surface area contributed by atoms with E-state index in [9.17, 15) is 4.79 Å². The predicted octanol–water partition coefficient (Wildman–Crippen LogP) is 2.51. The molecule has 4 heteroatoms. The largest absolute Gasteiger partial charge is 0.385 e. The maximum absolute atomic E-state index is 12.9. The van der Waals surface area contributed by atoms with Gasteiger partial charge in [0.15, 0.2) is 0 Å². The van der Waals surface area contributed by atoms with Crippen molar-refractivity contribution in [1.29, 1.82) is 0 Å². The summed E-state index contributed by atoms with van der Waals surface area (Å²) in [6.45, 7) is 4.24. The highest BCUT2D eigenvalue weighted by atomic mass is 16.5. The van der Waals surface area contributed by atoms with Crippen molar-refractivity contribution in [3.63, 3.8) is 0 Å². The van der Waals surface area contributed by atoms with Gasteiger partial charge < -0.3 is 15.0 Å². The SMILES string of the molecule is CCNc1ccccc1C(=O)N1CCOC2CCCC21. The minimum atomic E-state index is 0.141. The number of rotatable bonds is 3. The first-order valence-electron chi connectivity index (χ1n) is 7.56. The molecule has 1 aromatic carbocycles. The Labute approximate surface area is 120 Å². The number of ether oxygens (including phenoxy) is 1. The van der Waals surface area contributed by atoms with Gasteiger partial charge in [0.25, 0.3) is 5.91 Å². The average Bonchev–Trinajstić information content (AvgIpc) is 2.96. The van der Waals surface area contributed by atoms with Gasteiger partial charge in [0, 0.05) is 18.8 Å². The number of fused-ring (bicyclic) bond motifs is 1. The minimum Gasteiger partial charge on any atom is -0.385 e. The second-order valence-electron chi connectivity index (χ2n) is 5.48. The number of amides is 1. The Bertz CT molecular complexity index is 489. The van der Waals surface area contributed by atoms with Crippen LogP contribution in [0, 0.1) is 0 Å². The highest BCUT2D eigenvalue weighted by molar-refractivity contribution is 5.99. The normalized spacial score (nSPS) is 25.4. The molecule has 0 radical (unpaired) electrons. The molecule has 1 aromatic rings. The molecule has 20 heavy (non-hydrogen) atoms. The highest BCUT2D eigenvalue weighted by Gasteiger charge is 2.38. The molecule has 0 bridgehead atoms. The molecule has 1 saturated heterocycles. The third kappa shape index (κ3) is 2.40. The van der Waals surface area contributed by atoms with Crippen LogP contribution in [0.2, 0.25) is 0 Å². The average molecular weight is 274 g/mol. The van der Waals surface area contributed by atoms with Crippen LogP contribution in [0.5, 0.6) is 0 Å². The Morgan fingerprint density at radius 1 is 1.40 bits per heavy atom. The fourth-order valence-electron chi connectivity index (χ4n) is 3.35. The number of benzene rings is 1. The molecular weight excluding hydrogens is 252 g/mol. The zero-order chi connectivity index (χ0) is 13.9. The van der Waals surface area contributed by atoms with Crippen molar-refractivity contribution < 1.29 is 9.53 Å². The molecule has 1 amide bonds. The van der Waals surface area contributed by atoms with Gasteiger partial charge in [-0.05, 0) is 38.3 Å². The predicted molar refractivity (Wildman–Crippen MR) is 79.0 cm³/mol. The zero-order valence-electron chi connectivity index (χ0n) is 12.0. The monoisotopic (exact) mass is 274 g/mol. The quantitative estimate of drug-likeness (QED) is 0.921. The summed E-state index contributed by atoms with van der Waals surface area (Å²) < 4.78 is 5.79. The summed E-state index contributed by atoms with van der Waals surface area (Å²) in [5.41, 5.74) is 1.71. The van der Waals surface area contributed by atoms with E-state index in [1.54, 1.807) is 0 Å². The van der Waals surface area contributed by atoms with Gasteiger partial charge in [0.05, 0.1) is 24.3 Å². The Morgan fingerprint density at radius 2 is 2.25 bits per heavy atom. The highest BCUT2D eigenvalue weighted by Crippen LogP contribution is 2.31. The molecule has 0 aromatic heterocycles. The zero-order valence-corrected chi connectivity index (χ0v) is 12.0. The second kappa shape index (κ2) is 5.83. The number of nitrogens with one attached hydrogen (secondary N) is 1. The summed E-state index contributed by atoms with van der Waals surface area (Å²) >= 11 is 0. The molecule has 1 aliphatic carbocycles. The third-order valence-electron chi connectivity index (χ3n) is 4.27. The summed E-state index contributed by atoms with van der Waals surface area (Å²) in [4.78, 5) is 14.9. The number of hydrogen-bond acceptors (Lipinski definition) is 3. The van der Waals surface area contributed by atoms with E-state index >= 15 is 0 Å². The second-order valence-corrected chi connectivity index (χ2v) is 5.48. The van der Waals surface area contributed by atoms with E-state index in [4.69, 9.17) is 4.74 Å². The lowest BCUT2D eigenvalue weighted by Crippen LogP contribution is -2.51. The third-order valence-corrected chi connectivity index (χ3v) is 4.27. The van der Waals surface area contributed by atoms with Crippen molar-refractivity contribution >= 4 is 11.6 Å². The lowest BCUT2D eigenvalue weighted by molar-refractivity contribution is -0.0445. The van der Waals surface area contributed by atoms with Crippen molar-refractivity contribution in [2.24, 2.45) is 0 Å². The molecule has 108 valence electrons. The first-order chi connectivity index (χ1) is 9.81. The molecule has 2 atom stereocenters. The van der Waals surface area contributed by atoms with Crippen molar-refractivity contribution in [3.05, 3.63) is 29.8 Å². The van der Waals surface area contributed by atoms with Crippen LogP contribution in [0.15, 0.2) is 24.3 Å². The standard InChI is InChI=1S/C16H22N2O2/c1-2-17-13-7-4-3-6-12(13)16(19)18-10-11-20-15-9-5-8-14(15)18/h3-4,6-7,14-15,17H,2,5,8-11H2,1H3. The van der Waals surface area contributed by atoms with Gasteiger partial charge in [0.1, 0.15) is 0 Å². The maximum atomic E-state index is 12.9. The van der Waals surface area contributed by atoms with Gasteiger partial charge in [-0.25, -0.2) is 0 Å². The molecule has 1 heterocycles. The van der Waals surface area contributed by atoms with Crippen LogP contribution in [0.4, 0.5) is 5.69 Å². The fourth-order valence-corrected chi connectivity index (χ4v) is 3.35. The van der Waals surface area contributed by atoms with E-state index in [0.717, 1.165) is 37.1 Å². The number of nitrogens with zero attached hydrogens (tertiary/aromatic N) is 1. The topological polar surface area (TPSA) is 41.6 Å². The Kier molecular flexibility index (Phi) is 3.92. The van der Waals surface area contributed by atoms with Crippen molar-refractivity contribution in [2.75, 3.05) is 25.0 Å². The Hall–Kier alpha value is -1.55. The molecule has 2 fully saturated rings. The smallest absolute Gasteiger partial charge is 0.256 e. The molecule has 0 spiro atoms. The first kappa shape index (κ1) is 13.4. The minimum absolute atomic E-state index is 0.141. The molecule has 1 aliphatic heterocycles. The molecule has 2 aliphatic rings. The summed E-state index contributed by atoms with van der Waals surface area (Å²) in [6.07, 6.45) is 3.57. The van der Waals surface area contributed by atoms with Crippen LogP contribution >= 0.6 is 0 Å². The molecule has 1 N–H and O–H groups in total. The number of carbonyl (C=O) groups is 1. The summed E-state index contributed by atoms with van der Waals surface area (Å²) in [6, 6.07) is 8.06. The summed E-state index contributed by atoms with van der Waals surface area (Å²) in [7, 11) is 0. The van der Waals surface area contributed by atoms with Gasteiger partial charge in [-0.1, -0.05) is 12.1 Å². The van der Waals surface area contributed by atoms with Crippen molar-refractivity contribution in [1.82, 2.24) is 4.90 Å². The maximum Gasteiger partial charge on any atom is 0.256 e. The van der Waals surface area contributed by atoms with Gasteiger partial charge in [-0.15, -0.1) is 0 Å². The van der Waals surface area contributed by atoms with Gasteiger partial charge in [-0.2, -0.15) is 0 Å². The van der Waals surface area contributed by atoms with Crippen LogP contribution in [0.3, 0.4) is 0 Å². The number of anilines is 1. The van der Waals surface area contributed by atoms with Crippen LogP contribution in [-0.4, -0.2) is 42.6 Å². The van der Waals surface area contributed by atoms with Crippen LogP contribution in [-0.2, 0) is 4.74 Å². The van der Waals surface area contributed by atoms with Gasteiger partial charge in [-0.3, -0.25) is 4.79 Å². The molecule has 3 rings (SSSR count).